The van der Waals surface area contributed by atoms with Crippen molar-refractivity contribution in [3.8, 4) is 5.75 Å². The minimum Gasteiger partial charge on any atom is -0.410 e. The van der Waals surface area contributed by atoms with Gasteiger partial charge in [-0.2, -0.15) is 0 Å². The van der Waals surface area contributed by atoms with Crippen molar-refractivity contribution in [2.24, 2.45) is 5.73 Å². The topological polar surface area (TPSA) is 64.3 Å². The highest BCUT2D eigenvalue weighted by molar-refractivity contribution is 5.70. The highest BCUT2D eigenvalue weighted by atomic mass is 19.1. The third-order valence-corrected chi connectivity index (χ3v) is 1.66. The van der Waals surface area contributed by atoms with Crippen LogP contribution in [0.1, 0.15) is 6.42 Å². The summed E-state index contributed by atoms with van der Waals surface area (Å²) < 4.78 is 17.5. The Bertz CT molecular complexity index is 331. The van der Waals surface area contributed by atoms with Crippen molar-refractivity contribution in [2.45, 2.75) is 6.42 Å². The fraction of sp³-hybridized carbons (Fsp3) is 0.300. The van der Waals surface area contributed by atoms with Crippen LogP contribution in [0.2, 0.25) is 0 Å². The van der Waals surface area contributed by atoms with Crippen LogP contribution >= 0.6 is 0 Å². The average molecular weight is 212 g/mol. The van der Waals surface area contributed by atoms with E-state index in [9.17, 15) is 9.18 Å². The summed E-state index contributed by atoms with van der Waals surface area (Å²) in [4.78, 5) is 11.1. The van der Waals surface area contributed by atoms with Crippen molar-refractivity contribution in [1.82, 2.24) is 5.32 Å². The number of carbonyl (C=O) groups excluding carboxylic acids is 1. The maximum Gasteiger partial charge on any atom is 0.412 e. The van der Waals surface area contributed by atoms with Gasteiger partial charge in [-0.1, -0.05) is 6.07 Å². The summed E-state index contributed by atoms with van der Waals surface area (Å²) in [7, 11) is 0. The molecule has 0 radical (unpaired) electrons. The molecule has 1 amide bonds. The number of rotatable bonds is 4. The SMILES string of the molecule is NCCCNC(=O)Oc1cccc(F)c1. The first-order valence-electron chi connectivity index (χ1n) is 4.63. The summed E-state index contributed by atoms with van der Waals surface area (Å²) in [5, 5.41) is 2.49. The van der Waals surface area contributed by atoms with Gasteiger partial charge >= 0.3 is 6.09 Å². The summed E-state index contributed by atoms with van der Waals surface area (Å²) in [5.74, 6) is -0.262. The monoisotopic (exact) mass is 212 g/mol. The van der Waals surface area contributed by atoms with E-state index >= 15 is 0 Å². The molecule has 1 aromatic carbocycles. The Balaban J connectivity index is 2.37. The molecule has 0 spiro atoms. The smallest absolute Gasteiger partial charge is 0.410 e. The summed E-state index contributed by atoms with van der Waals surface area (Å²) in [6, 6.07) is 5.39. The zero-order valence-electron chi connectivity index (χ0n) is 8.20. The molecule has 0 atom stereocenters. The van der Waals surface area contributed by atoms with Gasteiger partial charge in [-0.05, 0) is 25.1 Å². The van der Waals surface area contributed by atoms with Gasteiger partial charge in [0.25, 0.3) is 0 Å². The van der Waals surface area contributed by atoms with Crippen molar-refractivity contribution in [3.05, 3.63) is 30.1 Å². The van der Waals surface area contributed by atoms with Crippen molar-refractivity contribution in [1.29, 1.82) is 0 Å². The van der Waals surface area contributed by atoms with Crippen LogP contribution in [-0.2, 0) is 0 Å². The van der Waals surface area contributed by atoms with Crippen LogP contribution in [-0.4, -0.2) is 19.2 Å². The predicted octanol–water partition coefficient (Wildman–Crippen LogP) is 1.26. The van der Waals surface area contributed by atoms with Crippen LogP contribution in [0.4, 0.5) is 9.18 Å². The van der Waals surface area contributed by atoms with Crippen molar-refractivity contribution in [2.75, 3.05) is 13.1 Å². The van der Waals surface area contributed by atoms with Gasteiger partial charge in [-0.25, -0.2) is 9.18 Å². The third kappa shape index (κ3) is 4.42. The second-order valence-corrected chi connectivity index (χ2v) is 2.92. The average Bonchev–Trinajstić information content (AvgIpc) is 2.18. The van der Waals surface area contributed by atoms with E-state index in [1.54, 1.807) is 0 Å². The molecule has 0 unspecified atom stereocenters. The normalized spacial score (nSPS) is 9.73. The van der Waals surface area contributed by atoms with Crippen LogP contribution in [0.5, 0.6) is 5.75 Å². The fourth-order valence-corrected chi connectivity index (χ4v) is 0.966. The van der Waals surface area contributed by atoms with E-state index in [1.165, 1.54) is 18.2 Å². The molecule has 0 aliphatic carbocycles. The lowest BCUT2D eigenvalue weighted by atomic mass is 10.3. The van der Waals surface area contributed by atoms with Gasteiger partial charge in [0.05, 0.1) is 0 Å². The quantitative estimate of drug-likeness (QED) is 0.738. The van der Waals surface area contributed by atoms with Gasteiger partial charge < -0.3 is 15.8 Å². The molecule has 0 saturated heterocycles. The number of nitrogens with one attached hydrogen (secondary N) is 1. The number of nitrogens with two attached hydrogens (primary N) is 1. The first-order chi connectivity index (χ1) is 7.22. The van der Waals surface area contributed by atoms with Crippen LogP contribution in [0.3, 0.4) is 0 Å². The lowest BCUT2D eigenvalue weighted by molar-refractivity contribution is 0.200. The Morgan fingerprint density at radius 1 is 1.53 bits per heavy atom. The molecule has 3 N–H and O–H groups in total. The molecule has 0 aliphatic rings. The van der Waals surface area contributed by atoms with Crippen molar-refractivity contribution < 1.29 is 13.9 Å². The number of ether oxygens (including phenoxy) is 1. The van der Waals surface area contributed by atoms with Crippen LogP contribution in [0.25, 0.3) is 0 Å². The number of benzene rings is 1. The van der Waals surface area contributed by atoms with Gasteiger partial charge in [0, 0.05) is 12.6 Å². The van der Waals surface area contributed by atoms with Gasteiger partial charge in [-0.3, -0.25) is 0 Å². The van der Waals surface area contributed by atoms with Crippen LogP contribution < -0.4 is 15.8 Å². The van der Waals surface area contributed by atoms with Crippen LogP contribution in [0, 0.1) is 5.82 Å². The highest BCUT2D eigenvalue weighted by Gasteiger charge is 2.03. The minimum atomic E-state index is -0.603. The third-order valence-electron chi connectivity index (χ3n) is 1.66. The molecule has 1 rings (SSSR count). The summed E-state index contributed by atoms with van der Waals surface area (Å²) in [6.07, 6.45) is 0.0761. The Morgan fingerprint density at radius 2 is 2.33 bits per heavy atom. The van der Waals surface area contributed by atoms with Crippen molar-refractivity contribution >= 4 is 6.09 Å². The van der Waals surface area contributed by atoms with E-state index in [0.717, 1.165) is 6.07 Å². The lowest BCUT2D eigenvalue weighted by Gasteiger charge is -2.05. The Morgan fingerprint density at radius 3 is 3.00 bits per heavy atom. The number of amides is 1. The molecule has 1 aromatic rings. The zero-order valence-corrected chi connectivity index (χ0v) is 8.20. The number of hydrogen-bond donors (Lipinski definition) is 2. The van der Waals surface area contributed by atoms with Gasteiger partial charge in [0.15, 0.2) is 0 Å². The van der Waals surface area contributed by atoms with Gasteiger partial charge in [-0.15, -0.1) is 0 Å². The maximum absolute atomic E-state index is 12.7. The standard InChI is InChI=1S/C10H13FN2O2/c11-8-3-1-4-9(7-8)15-10(14)13-6-2-5-12/h1,3-4,7H,2,5-6,12H2,(H,13,14). The molecule has 0 heterocycles. The molecule has 0 saturated carbocycles. The molecule has 15 heavy (non-hydrogen) atoms. The Hall–Kier alpha value is -1.62. The first-order valence-corrected chi connectivity index (χ1v) is 4.63. The molecule has 4 nitrogen and oxygen atoms in total. The molecular weight excluding hydrogens is 199 g/mol. The van der Waals surface area contributed by atoms with E-state index in [1.807, 2.05) is 0 Å². The fourth-order valence-electron chi connectivity index (χ4n) is 0.966. The van der Waals surface area contributed by atoms with E-state index in [4.69, 9.17) is 10.5 Å². The molecule has 0 aromatic heterocycles. The molecular formula is C10H13FN2O2. The molecule has 5 heteroatoms. The predicted molar refractivity (Wildman–Crippen MR) is 54.1 cm³/mol. The second-order valence-electron chi connectivity index (χ2n) is 2.92. The van der Waals surface area contributed by atoms with Crippen LogP contribution in [0.15, 0.2) is 24.3 Å². The maximum atomic E-state index is 12.7. The molecule has 0 fully saturated rings. The van der Waals surface area contributed by atoms with Crippen molar-refractivity contribution in [3.63, 3.8) is 0 Å². The summed E-state index contributed by atoms with van der Waals surface area (Å²) in [5.41, 5.74) is 5.25. The molecule has 0 bridgehead atoms. The Kier molecular flexibility index (Phi) is 4.56. The Labute approximate surface area is 87.2 Å². The largest absolute Gasteiger partial charge is 0.412 e. The summed E-state index contributed by atoms with van der Waals surface area (Å²) in [6.45, 7) is 0.949. The molecule has 0 aliphatic heterocycles. The number of halogens is 1. The zero-order chi connectivity index (χ0) is 11.1. The first kappa shape index (κ1) is 11.5. The second kappa shape index (κ2) is 5.98. The van der Waals surface area contributed by atoms with E-state index in [2.05, 4.69) is 5.32 Å². The number of carbonyl (C=O) groups is 1. The summed E-state index contributed by atoms with van der Waals surface area (Å²) >= 11 is 0. The van der Waals surface area contributed by atoms with E-state index < -0.39 is 11.9 Å². The van der Waals surface area contributed by atoms with E-state index in [-0.39, 0.29) is 5.75 Å². The highest BCUT2D eigenvalue weighted by Crippen LogP contribution is 2.11. The van der Waals surface area contributed by atoms with Gasteiger partial charge in [0.1, 0.15) is 11.6 Å². The lowest BCUT2D eigenvalue weighted by Crippen LogP contribution is -2.28. The minimum absolute atomic E-state index is 0.181. The van der Waals surface area contributed by atoms with E-state index in [0.29, 0.717) is 19.5 Å². The van der Waals surface area contributed by atoms with Gasteiger partial charge in [0.2, 0.25) is 0 Å². The number of hydrogen-bond acceptors (Lipinski definition) is 3. The molecule has 82 valence electrons.